The second-order valence-corrected chi connectivity index (χ2v) is 2.94. The van der Waals surface area contributed by atoms with Crippen molar-refractivity contribution < 1.29 is 19.1 Å². The van der Waals surface area contributed by atoms with E-state index in [1.165, 1.54) is 14.0 Å². The molecule has 4 heteroatoms. The molecule has 80 valence electrons. The molecule has 1 rings (SSSR count). The topological polar surface area (TPSA) is 52.6 Å². The number of benzene rings is 1. The summed E-state index contributed by atoms with van der Waals surface area (Å²) in [6, 6.07) is 8.47. The molecular formula is C11H12O4. The first-order chi connectivity index (χ1) is 7.15. The minimum atomic E-state index is -0.886. The summed E-state index contributed by atoms with van der Waals surface area (Å²) in [5.74, 6) is -1.10. The summed E-state index contributed by atoms with van der Waals surface area (Å²) in [6.07, 6.45) is -0.886. The van der Waals surface area contributed by atoms with E-state index < -0.39 is 18.0 Å². The van der Waals surface area contributed by atoms with Gasteiger partial charge in [0.25, 0.3) is 0 Å². The number of esters is 2. The lowest BCUT2D eigenvalue weighted by molar-refractivity contribution is -0.149. The summed E-state index contributed by atoms with van der Waals surface area (Å²) in [7, 11) is 1.25. The van der Waals surface area contributed by atoms with Crippen LogP contribution in [-0.2, 0) is 14.3 Å². The van der Waals surface area contributed by atoms with Gasteiger partial charge in [-0.3, -0.25) is 0 Å². The van der Waals surface area contributed by atoms with E-state index >= 15 is 0 Å². The summed E-state index contributed by atoms with van der Waals surface area (Å²) < 4.78 is 9.31. The second-order valence-electron chi connectivity index (χ2n) is 2.94. The van der Waals surface area contributed by atoms with Crippen molar-refractivity contribution in [3.63, 3.8) is 0 Å². The molecule has 1 aromatic rings. The predicted molar refractivity (Wildman–Crippen MR) is 53.3 cm³/mol. The fraction of sp³-hybridized carbons (Fsp3) is 0.273. The van der Waals surface area contributed by atoms with Gasteiger partial charge in [0, 0.05) is 0 Å². The Kier molecular flexibility index (Phi) is 3.85. The number of carbonyl (C=O) groups excluding carboxylic acids is 2. The van der Waals surface area contributed by atoms with Crippen LogP contribution < -0.4 is 0 Å². The summed E-state index contributed by atoms with van der Waals surface area (Å²) >= 11 is 0. The number of hydrogen-bond donors (Lipinski definition) is 0. The van der Waals surface area contributed by atoms with Gasteiger partial charge in [-0.05, 0) is 19.1 Å². The van der Waals surface area contributed by atoms with Gasteiger partial charge in [0.2, 0.25) is 0 Å². The lowest BCUT2D eigenvalue weighted by Crippen LogP contribution is -2.25. The Labute approximate surface area is 87.8 Å². The summed E-state index contributed by atoms with van der Waals surface area (Å²) in [5.41, 5.74) is 0.410. The highest BCUT2D eigenvalue weighted by Gasteiger charge is 2.18. The first-order valence-corrected chi connectivity index (χ1v) is 4.49. The molecule has 0 radical (unpaired) electrons. The molecule has 0 saturated heterocycles. The molecule has 0 aliphatic rings. The standard InChI is InChI=1S/C11H12O4/c1-8(10(12)14-2)15-11(13)9-6-4-3-5-7-9/h3-8H,1-2H3/t8-/m1/s1. The average molecular weight is 208 g/mol. The quantitative estimate of drug-likeness (QED) is 0.704. The zero-order chi connectivity index (χ0) is 11.3. The summed E-state index contributed by atoms with van der Waals surface area (Å²) in [5, 5.41) is 0. The van der Waals surface area contributed by atoms with Crippen molar-refractivity contribution in [2.45, 2.75) is 13.0 Å². The molecule has 0 unspecified atom stereocenters. The van der Waals surface area contributed by atoms with Crippen molar-refractivity contribution >= 4 is 11.9 Å². The summed E-state index contributed by atoms with van der Waals surface area (Å²) in [6.45, 7) is 1.46. The largest absolute Gasteiger partial charge is 0.466 e. The van der Waals surface area contributed by atoms with Gasteiger partial charge in [0.1, 0.15) is 0 Å². The van der Waals surface area contributed by atoms with E-state index in [1.54, 1.807) is 30.3 Å². The fourth-order valence-electron chi connectivity index (χ4n) is 1.02. The van der Waals surface area contributed by atoms with E-state index in [4.69, 9.17) is 4.74 Å². The van der Waals surface area contributed by atoms with Gasteiger partial charge in [0.05, 0.1) is 12.7 Å². The van der Waals surface area contributed by atoms with Crippen LogP contribution >= 0.6 is 0 Å². The molecule has 0 saturated carbocycles. The van der Waals surface area contributed by atoms with E-state index in [0.29, 0.717) is 5.56 Å². The van der Waals surface area contributed by atoms with Crippen LogP contribution in [0.3, 0.4) is 0 Å². The molecule has 0 aliphatic heterocycles. The molecule has 0 aromatic heterocycles. The second kappa shape index (κ2) is 5.14. The lowest BCUT2D eigenvalue weighted by atomic mass is 10.2. The van der Waals surface area contributed by atoms with Crippen LogP contribution in [0.5, 0.6) is 0 Å². The van der Waals surface area contributed by atoms with Gasteiger partial charge in [-0.15, -0.1) is 0 Å². The Bertz CT molecular complexity index is 345. The zero-order valence-corrected chi connectivity index (χ0v) is 8.60. The van der Waals surface area contributed by atoms with Gasteiger partial charge in [0.15, 0.2) is 6.10 Å². The van der Waals surface area contributed by atoms with Crippen LogP contribution in [0.2, 0.25) is 0 Å². The number of hydrogen-bond acceptors (Lipinski definition) is 4. The van der Waals surface area contributed by atoms with Crippen molar-refractivity contribution in [3.8, 4) is 0 Å². The van der Waals surface area contributed by atoms with Crippen LogP contribution in [-0.4, -0.2) is 25.2 Å². The fourth-order valence-corrected chi connectivity index (χ4v) is 1.02. The van der Waals surface area contributed by atoms with Crippen LogP contribution in [0.1, 0.15) is 17.3 Å². The summed E-state index contributed by atoms with van der Waals surface area (Å²) in [4.78, 5) is 22.4. The smallest absolute Gasteiger partial charge is 0.346 e. The third kappa shape index (κ3) is 3.09. The molecule has 0 aliphatic carbocycles. The van der Waals surface area contributed by atoms with Crippen molar-refractivity contribution in [3.05, 3.63) is 35.9 Å². The minimum Gasteiger partial charge on any atom is -0.466 e. The van der Waals surface area contributed by atoms with Crippen LogP contribution in [0.15, 0.2) is 30.3 Å². The van der Waals surface area contributed by atoms with E-state index in [9.17, 15) is 9.59 Å². The van der Waals surface area contributed by atoms with E-state index in [-0.39, 0.29) is 0 Å². The van der Waals surface area contributed by atoms with Gasteiger partial charge in [-0.2, -0.15) is 0 Å². The molecule has 1 atom stereocenters. The molecule has 0 heterocycles. The minimum absolute atomic E-state index is 0.410. The highest BCUT2D eigenvalue weighted by Crippen LogP contribution is 2.04. The normalized spacial score (nSPS) is 11.6. The van der Waals surface area contributed by atoms with Crippen molar-refractivity contribution in [2.24, 2.45) is 0 Å². The van der Waals surface area contributed by atoms with Gasteiger partial charge >= 0.3 is 11.9 Å². The molecule has 0 amide bonds. The maximum Gasteiger partial charge on any atom is 0.346 e. The SMILES string of the molecule is COC(=O)[C@@H](C)OC(=O)c1ccccc1. The molecular weight excluding hydrogens is 196 g/mol. The maximum atomic E-state index is 11.4. The average Bonchev–Trinajstić information content (AvgIpc) is 2.29. The monoisotopic (exact) mass is 208 g/mol. The Morgan fingerprint density at radius 2 is 1.80 bits per heavy atom. The van der Waals surface area contributed by atoms with Crippen LogP contribution in [0.25, 0.3) is 0 Å². The highest BCUT2D eigenvalue weighted by atomic mass is 16.6. The number of methoxy groups -OCH3 is 1. The third-order valence-electron chi connectivity index (χ3n) is 1.83. The molecule has 0 spiro atoms. The van der Waals surface area contributed by atoms with Crippen molar-refractivity contribution in [1.29, 1.82) is 0 Å². The molecule has 4 nitrogen and oxygen atoms in total. The molecule has 0 bridgehead atoms. The third-order valence-corrected chi connectivity index (χ3v) is 1.83. The lowest BCUT2D eigenvalue weighted by Gasteiger charge is -2.10. The zero-order valence-electron chi connectivity index (χ0n) is 8.60. The van der Waals surface area contributed by atoms with Crippen LogP contribution in [0.4, 0.5) is 0 Å². The van der Waals surface area contributed by atoms with Gasteiger partial charge in [-0.25, -0.2) is 9.59 Å². The van der Waals surface area contributed by atoms with E-state index in [0.717, 1.165) is 0 Å². The van der Waals surface area contributed by atoms with Crippen molar-refractivity contribution in [2.75, 3.05) is 7.11 Å². The molecule has 0 N–H and O–H groups in total. The Balaban J connectivity index is 2.61. The van der Waals surface area contributed by atoms with E-state index in [2.05, 4.69) is 4.74 Å². The molecule has 0 fully saturated rings. The maximum absolute atomic E-state index is 11.4. The Hall–Kier alpha value is -1.84. The first kappa shape index (κ1) is 11.2. The molecule has 15 heavy (non-hydrogen) atoms. The Morgan fingerprint density at radius 1 is 1.20 bits per heavy atom. The van der Waals surface area contributed by atoms with E-state index in [1.807, 2.05) is 0 Å². The molecule has 1 aromatic carbocycles. The highest BCUT2D eigenvalue weighted by molar-refractivity contribution is 5.91. The van der Waals surface area contributed by atoms with Gasteiger partial charge < -0.3 is 9.47 Å². The number of rotatable bonds is 3. The number of ether oxygens (including phenoxy) is 2. The first-order valence-electron chi connectivity index (χ1n) is 4.49. The Morgan fingerprint density at radius 3 is 2.33 bits per heavy atom. The van der Waals surface area contributed by atoms with Crippen LogP contribution in [0, 0.1) is 0 Å². The number of carbonyl (C=O) groups is 2. The van der Waals surface area contributed by atoms with Crippen molar-refractivity contribution in [1.82, 2.24) is 0 Å². The van der Waals surface area contributed by atoms with Gasteiger partial charge in [-0.1, -0.05) is 18.2 Å². The predicted octanol–water partition coefficient (Wildman–Crippen LogP) is 1.40.